The molecule has 6 nitrogen and oxygen atoms in total. The highest BCUT2D eigenvalue weighted by Crippen LogP contribution is 2.05. The third-order valence-electron chi connectivity index (χ3n) is 2.90. The molecule has 0 aliphatic carbocycles. The lowest BCUT2D eigenvalue weighted by Crippen LogP contribution is -2.50. The molecule has 0 fully saturated rings. The molecule has 1 aliphatic heterocycles. The van der Waals surface area contributed by atoms with Crippen LogP contribution in [0.25, 0.3) is 0 Å². The summed E-state index contributed by atoms with van der Waals surface area (Å²) < 4.78 is 5.33. The minimum absolute atomic E-state index is 0.0558. The Labute approximate surface area is 113 Å². The first-order chi connectivity index (χ1) is 9.06. The van der Waals surface area contributed by atoms with Crippen LogP contribution < -0.4 is 5.32 Å². The number of hydrogen-bond donors (Lipinski definition) is 1. The van der Waals surface area contributed by atoms with Crippen molar-refractivity contribution >= 4 is 11.9 Å². The van der Waals surface area contributed by atoms with E-state index in [1.807, 2.05) is 45.1 Å². The van der Waals surface area contributed by atoms with Crippen molar-refractivity contribution in [2.24, 2.45) is 9.98 Å². The molecule has 1 unspecified atom stereocenters. The average Bonchev–Trinajstić information content (AvgIpc) is 2.88. The summed E-state index contributed by atoms with van der Waals surface area (Å²) in [6.45, 7) is 2.82. The summed E-state index contributed by atoms with van der Waals surface area (Å²) in [5, 5.41) is 3.23. The number of nitrogens with zero attached hydrogens (tertiary/aromatic N) is 4. The van der Waals surface area contributed by atoms with E-state index in [2.05, 4.69) is 20.2 Å². The minimum Gasteiger partial charge on any atom is -0.469 e. The Bertz CT molecular complexity index is 463. The summed E-state index contributed by atoms with van der Waals surface area (Å²) in [5.74, 6) is 2.66. The molecule has 0 radical (unpaired) electrons. The first-order valence-corrected chi connectivity index (χ1v) is 6.39. The average molecular weight is 263 g/mol. The summed E-state index contributed by atoms with van der Waals surface area (Å²) in [7, 11) is 5.94. The van der Waals surface area contributed by atoms with E-state index in [0.717, 1.165) is 30.6 Å². The molecule has 0 saturated heterocycles. The zero-order valence-corrected chi connectivity index (χ0v) is 11.9. The maximum atomic E-state index is 5.33. The van der Waals surface area contributed by atoms with Crippen LogP contribution in [0.3, 0.4) is 0 Å². The minimum atomic E-state index is -0.0558. The smallest absolute Gasteiger partial charge is 0.202 e. The van der Waals surface area contributed by atoms with Crippen LogP contribution in [-0.2, 0) is 6.42 Å². The van der Waals surface area contributed by atoms with E-state index in [1.165, 1.54) is 0 Å². The van der Waals surface area contributed by atoms with Crippen LogP contribution in [0.1, 0.15) is 12.7 Å². The van der Waals surface area contributed by atoms with Crippen molar-refractivity contribution in [2.45, 2.75) is 19.5 Å². The van der Waals surface area contributed by atoms with Gasteiger partial charge in [0.05, 0.1) is 6.26 Å². The molecule has 1 N–H and O–H groups in total. The molecule has 0 amide bonds. The molecule has 0 spiro atoms. The van der Waals surface area contributed by atoms with E-state index in [0.29, 0.717) is 0 Å². The number of likely N-dealkylation sites (N-methyl/N-ethyl adjacent to an activating group) is 1. The Balaban J connectivity index is 1.93. The Morgan fingerprint density at radius 2 is 2.00 bits per heavy atom. The van der Waals surface area contributed by atoms with Crippen molar-refractivity contribution in [1.29, 1.82) is 0 Å². The van der Waals surface area contributed by atoms with E-state index in [1.54, 1.807) is 6.26 Å². The van der Waals surface area contributed by atoms with Crippen molar-refractivity contribution < 1.29 is 4.42 Å². The van der Waals surface area contributed by atoms with Gasteiger partial charge in [-0.2, -0.15) is 0 Å². The molecule has 1 atom stereocenters. The molecule has 6 heteroatoms. The SMILES string of the molecule is CC1N=C(N(C)C)NC(N(C)CCc2ccco2)=N1. The third kappa shape index (κ3) is 3.49. The summed E-state index contributed by atoms with van der Waals surface area (Å²) in [5.41, 5.74) is 0. The van der Waals surface area contributed by atoms with Crippen LogP contribution in [0, 0.1) is 0 Å². The lowest BCUT2D eigenvalue weighted by molar-refractivity contribution is 0.438. The maximum Gasteiger partial charge on any atom is 0.202 e. The fourth-order valence-electron chi connectivity index (χ4n) is 1.81. The van der Waals surface area contributed by atoms with Gasteiger partial charge in [0.25, 0.3) is 0 Å². The van der Waals surface area contributed by atoms with E-state index in [4.69, 9.17) is 4.42 Å². The second kappa shape index (κ2) is 5.77. The molecule has 2 rings (SSSR count). The van der Waals surface area contributed by atoms with Crippen LogP contribution in [0.15, 0.2) is 32.8 Å². The molecule has 104 valence electrons. The van der Waals surface area contributed by atoms with Gasteiger partial charge in [-0.15, -0.1) is 0 Å². The van der Waals surface area contributed by atoms with Gasteiger partial charge in [-0.3, -0.25) is 5.32 Å². The first-order valence-electron chi connectivity index (χ1n) is 6.39. The number of guanidine groups is 2. The molecular weight excluding hydrogens is 242 g/mol. The molecule has 1 aromatic heterocycles. The summed E-state index contributed by atoms with van der Waals surface area (Å²) in [6, 6.07) is 3.89. The second-order valence-corrected chi connectivity index (χ2v) is 4.81. The van der Waals surface area contributed by atoms with Gasteiger partial charge in [0.1, 0.15) is 11.9 Å². The zero-order chi connectivity index (χ0) is 13.8. The van der Waals surface area contributed by atoms with Gasteiger partial charge in [-0.25, -0.2) is 9.98 Å². The predicted molar refractivity (Wildman–Crippen MR) is 76.2 cm³/mol. The van der Waals surface area contributed by atoms with E-state index in [-0.39, 0.29) is 6.17 Å². The Morgan fingerprint density at radius 3 is 2.63 bits per heavy atom. The fourth-order valence-corrected chi connectivity index (χ4v) is 1.81. The molecular formula is C13H21N5O. The monoisotopic (exact) mass is 263 g/mol. The van der Waals surface area contributed by atoms with Gasteiger partial charge in [0.2, 0.25) is 11.9 Å². The standard InChI is InChI=1S/C13H21N5O/c1-10-14-12(17(2)3)16-13(15-10)18(4)8-7-11-6-5-9-19-11/h5-6,9-10H,7-8H2,1-4H3,(H,14,15,16). The van der Waals surface area contributed by atoms with Crippen molar-refractivity contribution in [2.75, 3.05) is 27.7 Å². The number of hydrogen-bond acceptors (Lipinski definition) is 6. The van der Waals surface area contributed by atoms with Crippen molar-refractivity contribution in [1.82, 2.24) is 15.1 Å². The highest BCUT2D eigenvalue weighted by atomic mass is 16.3. The molecule has 2 heterocycles. The van der Waals surface area contributed by atoms with Crippen molar-refractivity contribution in [3.8, 4) is 0 Å². The quantitative estimate of drug-likeness (QED) is 0.883. The highest BCUT2D eigenvalue weighted by Gasteiger charge is 2.17. The van der Waals surface area contributed by atoms with Crippen molar-refractivity contribution in [3.63, 3.8) is 0 Å². The Morgan fingerprint density at radius 1 is 1.26 bits per heavy atom. The van der Waals surface area contributed by atoms with Gasteiger partial charge >= 0.3 is 0 Å². The highest BCUT2D eigenvalue weighted by molar-refractivity contribution is 5.99. The Hall–Kier alpha value is -1.98. The largest absolute Gasteiger partial charge is 0.469 e. The second-order valence-electron chi connectivity index (χ2n) is 4.81. The topological polar surface area (TPSA) is 56.4 Å². The lowest BCUT2D eigenvalue weighted by Gasteiger charge is -2.29. The molecule has 1 aromatic rings. The maximum absolute atomic E-state index is 5.33. The van der Waals surface area contributed by atoms with E-state index >= 15 is 0 Å². The summed E-state index contributed by atoms with van der Waals surface area (Å²) >= 11 is 0. The van der Waals surface area contributed by atoms with Crippen LogP contribution in [0.5, 0.6) is 0 Å². The van der Waals surface area contributed by atoms with Crippen LogP contribution in [-0.4, -0.2) is 55.6 Å². The van der Waals surface area contributed by atoms with E-state index in [9.17, 15) is 0 Å². The van der Waals surface area contributed by atoms with E-state index < -0.39 is 0 Å². The van der Waals surface area contributed by atoms with Crippen molar-refractivity contribution in [3.05, 3.63) is 24.2 Å². The predicted octanol–water partition coefficient (Wildman–Crippen LogP) is 0.977. The van der Waals surface area contributed by atoms with Gasteiger partial charge in [0, 0.05) is 34.1 Å². The molecule has 0 aromatic carbocycles. The normalized spacial score (nSPS) is 18.4. The van der Waals surface area contributed by atoms with Gasteiger partial charge in [0.15, 0.2) is 0 Å². The number of rotatable bonds is 3. The summed E-state index contributed by atoms with van der Waals surface area (Å²) in [6.07, 6.45) is 2.50. The van der Waals surface area contributed by atoms with Crippen LogP contribution in [0.2, 0.25) is 0 Å². The summed E-state index contributed by atoms with van der Waals surface area (Å²) in [4.78, 5) is 13.0. The van der Waals surface area contributed by atoms with Crippen LogP contribution >= 0.6 is 0 Å². The van der Waals surface area contributed by atoms with Crippen LogP contribution in [0.4, 0.5) is 0 Å². The zero-order valence-electron chi connectivity index (χ0n) is 11.9. The number of aliphatic imine (C=N–C) groups is 2. The molecule has 0 bridgehead atoms. The molecule has 0 saturated carbocycles. The first kappa shape index (κ1) is 13.5. The van der Waals surface area contributed by atoms with Gasteiger partial charge < -0.3 is 14.2 Å². The lowest BCUT2D eigenvalue weighted by atomic mass is 10.3. The Kier molecular flexibility index (Phi) is 4.09. The van der Waals surface area contributed by atoms with Gasteiger partial charge in [-0.1, -0.05) is 0 Å². The number of furan rings is 1. The van der Waals surface area contributed by atoms with Gasteiger partial charge in [-0.05, 0) is 19.1 Å². The molecule has 19 heavy (non-hydrogen) atoms. The fraction of sp³-hybridized carbons (Fsp3) is 0.538. The molecule has 1 aliphatic rings. The number of nitrogens with one attached hydrogen (secondary N) is 1. The third-order valence-corrected chi connectivity index (χ3v) is 2.90.